The van der Waals surface area contributed by atoms with Crippen LogP contribution in [0.15, 0.2) is 12.1 Å². The second kappa shape index (κ2) is 7.12. The van der Waals surface area contributed by atoms with E-state index in [-0.39, 0.29) is 30.0 Å². The molecule has 5 nitrogen and oxygen atoms in total. The van der Waals surface area contributed by atoms with Gasteiger partial charge in [-0.15, -0.1) is 0 Å². The minimum atomic E-state index is -1.39. The van der Waals surface area contributed by atoms with E-state index in [1.807, 2.05) is 0 Å². The van der Waals surface area contributed by atoms with Crippen molar-refractivity contribution in [1.29, 1.82) is 0 Å². The fourth-order valence-corrected chi connectivity index (χ4v) is 1.98. The van der Waals surface area contributed by atoms with Crippen LogP contribution in [-0.2, 0) is 4.79 Å². The molecule has 0 aromatic heterocycles. The molecule has 110 valence electrons. The largest absolute Gasteiger partial charge is 0.390 e. The number of hydrogen-bond donors (Lipinski definition) is 3. The van der Waals surface area contributed by atoms with Gasteiger partial charge in [-0.25, -0.2) is 4.39 Å². The van der Waals surface area contributed by atoms with Gasteiger partial charge in [0.1, 0.15) is 11.9 Å². The molecule has 3 N–H and O–H groups in total. The van der Waals surface area contributed by atoms with Crippen LogP contribution >= 0.6 is 0 Å². The van der Waals surface area contributed by atoms with Gasteiger partial charge in [0, 0.05) is 13.5 Å². The van der Waals surface area contributed by atoms with Crippen molar-refractivity contribution in [3.05, 3.63) is 34.6 Å². The van der Waals surface area contributed by atoms with Gasteiger partial charge in [0.05, 0.1) is 11.7 Å². The van der Waals surface area contributed by atoms with Crippen molar-refractivity contribution < 1.29 is 24.2 Å². The van der Waals surface area contributed by atoms with E-state index in [0.717, 1.165) is 6.07 Å². The summed E-state index contributed by atoms with van der Waals surface area (Å²) in [6.07, 6.45) is -2.18. The molecule has 1 aromatic carbocycles. The first-order chi connectivity index (χ1) is 9.38. The summed E-state index contributed by atoms with van der Waals surface area (Å²) >= 11 is 0. The summed E-state index contributed by atoms with van der Waals surface area (Å²) in [5, 5.41) is 22.4. The number of nitrogens with one attached hydrogen (secondary N) is 1. The average Bonchev–Trinajstić information content (AvgIpc) is 2.39. The topological polar surface area (TPSA) is 86.6 Å². The zero-order valence-electron chi connectivity index (χ0n) is 11.4. The van der Waals surface area contributed by atoms with Gasteiger partial charge in [0.2, 0.25) is 5.91 Å². The van der Waals surface area contributed by atoms with Gasteiger partial charge in [0.15, 0.2) is 6.29 Å². The quantitative estimate of drug-likeness (QED) is 0.676. The number of carbonyl (C=O) groups is 2. The van der Waals surface area contributed by atoms with Gasteiger partial charge >= 0.3 is 0 Å². The van der Waals surface area contributed by atoms with Gasteiger partial charge in [-0.05, 0) is 30.5 Å². The number of aryl methyl sites for hydroxylation is 1. The van der Waals surface area contributed by atoms with E-state index >= 15 is 0 Å². The van der Waals surface area contributed by atoms with Gasteiger partial charge < -0.3 is 15.5 Å². The van der Waals surface area contributed by atoms with Crippen LogP contribution in [-0.4, -0.2) is 35.1 Å². The first kappa shape index (κ1) is 16.3. The van der Waals surface area contributed by atoms with Crippen molar-refractivity contribution in [3.8, 4) is 0 Å². The highest BCUT2D eigenvalue weighted by atomic mass is 19.1. The molecule has 2 unspecified atom stereocenters. The second-order valence-corrected chi connectivity index (χ2v) is 4.59. The van der Waals surface area contributed by atoms with E-state index in [9.17, 15) is 24.2 Å². The Morgan fingerprint density at radius 3 is 2.65 bits per heavy atom. The highest BCUT2D eigenvalue weighted by Crippen LogP contribution is 2.27. The van der Waals surface area contributed by atoms with E-state index in [4.69, 9.17) is 0 Å². The standard InChI is InChI=1S/C14H18FNO4/c1-8-3-4-11(15)10(7-17)13(8)14(20)12(19)5-6-16-9(2)18/h3-4,7,12,14,19-20H,5-6H2,1-2H3,(H,16,18). The van der Waals surface area contributed by atoms with Crippen LogP contribution < -0.4 is 5.32 Å². The van der Waals surface area contributed by atoms with Gasteiger partial charge in [-0.3, -0.25) is 9.59 Å². The van der Waals surface area contributed by atoms with Crippen LogP contribution in [0.5, 0.6) is 0 Å². The molecule has 0 bridgehead atoms. The van der Waals surface area contributed by atoms with Crippen molar-refractivity contribution in [2.24, 2.45) is 0 Å². The van der Waals surface area contributed by atoms with E-state index in [1.54, 1.807) is 6.92 Å². The number of aliphatic hydroxyl groups excluding tert-OH is 2. The van der Waals surface area contributed by atoms with Crippen molar-refractivity contribution in [3.63, 3.8) is 0 Å². The van der Waals surface area contributed by atoms with Crippen LogP contribution in [0.1, 0.15) is 40.9 Å². The lowest BCUT2D eigenvalue weighted by Gasteiger charge is -2.21. The molecular weight excluding hydrogens is 265 g/mol. The molecule has 1 amide bonds. The summed E-state index contributed by atoms with van der Waals surface area (Å²) < 4.78 is 13.5. The number of rotatable bonds is 6. The highest BCUT2D eigenvalue weighted by Gasteiger charge is 2.24. The fourth-order valence-electron chi connectivity index (χ4n) is 1.98. The maximum atomic E-state index is 13.5. The monoisotopic (exact) mass is 283 g/mol. The summed E-state index contributed by atoms with van der Waals surface area (Å²) in [6.45, 7) is 3.13. The van der Waals surface area contributed by atoms with Crippen molar-refractivity contribution >= 4 is 12.2 Å². The maximum absolute atomic E-state index is 13.5. The summed E-state index contributed by atoms with van der Waals surface area (Å²) in [4.78, 5) is 21.7. The number of amides is 1. The number of benzene rings is 1. The lowest BCUT2D eigenvalue weighted by atomic mass is 9.93. The van der Waals surface area contributed by atoms with Crippen molar-refractivity contribution in [1.82, 2.24) is 5.32 Å². The van der Waals surface area contributed by atoms with Crippen LogP contribution in [0.2, 0.25) is 0 Å². The Balaban J connectivity index is 2.91. The Hall–Kier alpha value is -1.79. The summed E-state index contributed by atoms with van der Waals surface area (Å²) in [5.74, 6) is -0.990. The smallest absolute Gasteiger partial charge is 0.216 e. The Morgan fingerprint density at radius 1 is 1.45 bits per heavy atom. The molecule has 1 aromatic rings. The third-order valence-corrected chi connectivity index (χ3v) is 3.04. The number of aldehydes is 1. The number of hydrogen-bond acceptors (Lipinski definition) is 4. The molecule has 0 aliphatic rings. The van der Waals surface area contributed by atoms with Gasteiger partial charge in [-0.1, -0.05) is 6.07 Å². The average molecular weight is 283 g/mol. The van der Waals surface area contributed by atoms with Gasteiger partial charge in [0.25, 0.3) is 0 Å². The molecule has 1 rings (SSSR count). The Kier molecular flexibility index (Phi) is 5.79. The highest BCUT2D eigenvalue weighted by molar-refractivity contribution is 5.78. The number of aliphatic hydroxyl groups is 2. The zero-order chi connectivity index (χ0) is 15.3. The first-order valence-electron chi connectivity index (χ1n) is 6.23. The van der Waals surface area contributed by atoms with Crippen LogP contribution in [0, 0.1) is 12.7 Å². The van der Waals surface area contributed by atoms with E-state index in [1.165, 1.54) is 13.0 Å². The minimum Gasteiger partial charge on any atom is -0.390 e. The molecule has 6 heteroatoms. The normalized spacial score (nSPS) is 13.7. The number of halogens is 1. The molecule has 0 saturated heterocycles. The molecule has 0 heterocycles. The third-order valence-electron chi connectivity index (χ3n) is 3.04. The fraction of sp³-hybridized carbons (Fsp3) is 0.429. The van der Waals surface area contributed by atoms with Crippen LogP contribution in [0.25, 0.3) is 0 Å². The van der Waals surface area contributed by atoms with Crippen molar-refractivity contribution in [2.45, 2.75) is 32.5 Å². The molecule has 2 atom stereocenters. The molecule has 0 aliphatic heterocycles. The number of carbonyl (C=O) groups excluding carboxylic acids is 2. The lowest BCUT2D eigenvalue weighted by Crippen LogP contribution is -2.28. The molecule has 20 heavy (non-hydrogen) atoms. The van der Waals surface area contributed by atoms with E-state index < -0.39 is 18.0 Å². The predicted molar refractivity (Wildman–Crippen MR) is 70.8 cm³/mol. The SMILES string of the molecule is CC(=O)NCCC(O)C(O)c1c(C)ccc(F)c1C=O. The van der Waals surface area contributed by atoms with Gasteiger partial charge in [-0.2, -0.15) is 0 Å². The van der Waals surface area contributed by atoms with Crippen LogP contribution in [0.3, 0.4) is 0 Å². The molecule has 0 aliphatic carbocycles. The summed E-state index contributed by atoms with van der Waals surface area (Å²) in [6, 6.07) is 2.57. The molecule has 0 radical (unpaired) electrons. The predicted octanol–water partition coefficient (Wildman–Crippen LogP) is 0.867. The first-order valence-corrected chi connectivity index (χ1v) is 6.23. The second-order valence-electron chi connectivity index (χ2n) is 4.59. The zero-order valence-corrected chi connectivity index (χ0v) is 11.4. The summed E-state index contributed by atoms with van der Waals surface area (Å²) in [7, 11) is 0. The maximum Gasteiger partial charge on any atom is 0.216 e. The minimum absolute atomic E-state index is 0.0790. The molecule has 0 saturated carbocycles. The lowest BCUT2D eigenvalue weighted by molar-refractivity contribution is -0.119. The Bertz CT molecular complexity index is 504. The molecule has 0 spiro atoms. The van der Waals surface area contributed by atoms with Crippen molar-refractivity contribution in [2.75, 3.05) is 6.54 Å². The third kappa shape index (κ3) is 3.85. The van der Waals surface area contributed by atoms with E-state index in [2.05, 4.69) is 5.32 Å². The van der Waals surface area contributed by atoms with Crippen LogP contribution in [0.4, 0.5) is 4.39 Å². The molecule has 0 fully saturated rings. The molecular formula is C14H18FNO4. The Morgan fingerprint density at radius 2 is 2.10 bits per heavy atom. The Labute approximate surface area is 116 Å². The van der Waals surface area contributed by atoms with E-state index in [0.29, 0.717) is 11.8 Å². The summed E-state index contributed by atoms with van der Waals surface area (Å²) in [5.41, 5.74) is 0.339.